The molecule has 0 saturated heterocycles. The lowest BCUT2D eigenvalue weighted by Crippen LogP contribution is -2.25. The van der Waals surface area contributed by atoms with E-state index < -0.39 is 0 Å². The molecule has 0 amide bonds. The van der Waals surface area contributed by atoms with Gasteiger partial charge in [0.25, 0.3) is 0 Å². The summed E-state index contributed by atoms with van der Waals surface area (Å²) >= 11 is 0. The number of pyridine rings is 2. The van der Waals surface area contributed by atoms with Gasteiger partial charge in [0, 0.05) is 24.3 Å². The standard InChI is InChI=1S/C28H26N2/c1-29-19-15-25(16-20-29)5-3-23-7-11-27(12-8-23)28-13-9-24(10-14-28)4-6-26-17-21-30(2)22-18-26/h3-22H,1-2H3/q+2/b5-3+,6-4+. The molecule has 2 aromatic heterocycles. The van der Waals surface area contributed by atoms with Gasteiger partial charge in [-0.3, -0.25) is 0 Å². The molecule has 0 aliphatic rings. The Labute approximate surface area is 178 Å². The van der Waals surface area contributed by atoms with Crippen molar-refractivity contribution in [1.82, 2.24) is 0 Å². The third kappa shape index (κ3) is 5.18. The molecule has 146 valence electrons. The molecule has 0 spiro atoms. The minimum atomic E-state index is 1.20. The van der Waals surface area contributed by atoms with Gasteiger partial charge in [0.1, 0.15) is 14.1 Å². The fourth-order valence-corrected chi connectivity index (χ4v) is 3.21. The summed E-state index contributed by atoms with van der Waals surface area (Å²) in [5, 5.41) is 0. The van der Waals surface area contributed by atoms with Gasteiger partial charge in [-0.2, -0.15) is 0 Å². The fourth-order valence-electron chi connectivity index (χ4n) is 3.21. The molecule has 30 heavy (non-hydrogen) atoms. The van der Waals surface area contributed by atoms with E-state index in [4.69, 9.17) is 0 Å². The second-order valence-electron chi connectivity index (χ2n) is 7.50. The summed E-state index contributed by atoms with van der Waals surface area (Å²) in [7, 11) is 4.05. The predicted octanol–water partition coefficient (Wildman–Crippen LogP) is 5.34. The summed E-state index contributed by atoms with van der Waals surface area (Å²) in [6.07, 6.45) is 16.8. The Hall–Kier alpha value is -3.78. The predicted molar refractivity (Wildman–Crippen MR) is 125 cm³/mol. The molecular formula is C28H26N2+2. The monoisotopic (exact) mass is 390 g/mol. The van der Waals surface area contributed by atoms with Crippen LogP contribution in [0, 0.1) is 0 Å². The molecule has 0 saturated carbocycles. The Kier molecular flexibility index (Phi) is 5.95. The Morgan fingerprint density at radius 1 is 0.400 bits per heavy atom. The number of aromatic nitrogens is 2. The molecule has 4 rings (SSSR count). The van der Waals surface area contributed by atoms with Crippen LogP contribution in [0.1, 0.15) is 22.3 Å². The molecule has 0 fully saturated rings. The summed E-state index contributed by atoms with van der Waals surface area (Å²) < 4.78 is 4.07. The SMILES string of the molecule is C[n+]1ccc(/C=C/c2ccc(-c3ccc(/C=C/c4cc[n+](C)cc4)cc3)cc2)cc1. The Balaban J connectivity index is 1.42. The molecule has 0 N–H and O–H groups in total. The first-order valence-electron chi connectivity index (χ1n) is 10.1. The van der Waals surface area contributed by atoms with Crippen molar-refractivity contribution in [1.29, 1.82) is 0 Å². The molecule has 2 heterocycles. The van der Waals surface area contributed by atoms with Crippen molar-refractivity contribution in [3.63, 3.8) is 0 Å². The number of rotatable bonds is 5. The average molecular weight is 391 g/mol. The Morgan fingerprint density at radius 3 is 0.967 bits per heavy atom. The van der Waals surface area contributed by atoms with E-state index in [9.17, 15) is 0 Å². The highest BCUT2D eigenvalue weighted by Crippen LogP contribution is 2.22. The molecule has 0 radical (unpaired) electrons. The maximum Gasteiger partial charge on any atom is 0.169 e. The number of hydrogen-bond acceptors (Lipinski definition) is 0. The zero-order chi connectivity index (χ0) is 20.8. The van der Waals surface area contributed by atoms with E-state index in [1.165, 1.54) is 33.4 Å². The summed E-state index contributed by atoms with van der Waals surface area (Å²) in [5.41, 5.74) is 7.25. The summed E-state index contributed by atoms with van der Waals surface area (Å²) in [6.45, 7) is 0. The van der Waals surface area contributed by atoms with Crippen molar-refractivity contribution in [3.05, 3.63) is 120 Å². The van der Waals surface area contributed by atoms with Gasteiger partial charge < -0.3 is 0 Å². The quantitative estimate of drug-likeness (QED) is 0.406. The van der Waals surface area contributed by atoms with Crippen LogP contribution in [0.5, 0.6) is 0 Å². The molecule has 2 heteroatoms. The van der Waals surface area contributed by atoms with Crippen LogP contribution in [-0.4, -0.2) is 0 Å². The first kappa shape index (κ1) is 19.5. The topological polar surface area (TPSA) is 7.76 Å². The Bertz CT molecular complexity index is 1050. The van der Waals surface area contributed by atoms with Gasteiger partial charge in [-0.05, 0) is 33.4 Å². The largest absolute Gasteiger partial charge is 0.208 e. The first-order chi connectivity index (χ1) is 14.7. The van der Waals surface area contributed by atoms with E-state index in [1.54, 1.807) is 0 Å². The highest BCUT2D eigenvalue weighted by molar-refractivity contribution is 5.74. The summed E-state index contributed by atoms with van der Waals surface area (Å²) in [5.74, 6) is 0. The zero-order valence-electron chi connectivity index (χ0n) is 17.4. The number of aryl methyl sites for hydroxylation is 2. The van der Waals surface area contributed by atoms with Crippen LogP contribution in [0.2, 0.25) is 0 Å². The van der Waals surface area contributed by atoms with E-state index in [2.05, 4.69) is 122 Å². The molecule has 2 aromatic carbocycles. The highest BCUT2D eigenvalue weighted by Gasteiger charge is 1.98. The molecule has 0 atom stereocenters. The normalized spacial score (nSPS) is 11.4. The van der Waals surface area contributed by atoms with E-state index >= 15 is 0 Å². The van der Waals surface area contributed by atoms with E-state index in [0.29, 0.717) is 0 Å². The smallest absolute Gasteiger partial charge is 0.169 e. The molecule has 0 unspecified atom stereocenters. The van der Waals surface area contributed by atoms with E-state index in [0.717, 1.165) is 0 Å². The second-order valence-corrected chi connectivity index (χ2v) is 7.50. The third-order valence-electron chi connectivity index (χ3n) is 5.10. The molecular weight excluding hydrogens is 364 g/mol. The minimum Gasteiger partial charge on any atom is -0.208 e. The van der Waals surface area contributed by atoms with Crippen LogP contribution in [0.4, 0.5) is 0 Å². The maximum absolute atomic E-state index is 2.18. The summed E-state index contributed by atoms with van der Waals surface area (Å²) in [6, 6.07) is 25.8. The van der Waals surface area contributed by atoms with Crippen LogP contribution in [-0.2, 0) is 14.1 Å². The van der Waals surface area contributed by atoms with Crippen molar-refractivity contribution < 1.29 is 9.13 Å². The highest BCUT2D eigenvalue weighted by atomic mass is 14.9. The average Bonchev–Trinajstić information content (AvgIpc) is 2.79. The lowest BCUT2D eigenvalue weighted by molar-refractivity contribution is -0.671. The number of benzene rings is 2. The van der Waals surface area contributed by atoms with Crippen LogP contribution in [0.15, 0.2) is 97.6 Å². The van der Waals surface area contributed by atoms with Crippen molar-refractivity contribution in [2.24, 2.45) is 14.1 Å². The molecule has 4 aromatic rings. The number of nitrogens with zero attached hydrogens (tertiary/aromatic N) is 2. The first-order valence-corrected chi connectivity index (χ1v) is 10.1. The second kappa shape index (κ2) is 9.15. The molecule has 0 aliphatic heterocycles. The van der Waals surface area contributed by atoms with Crippen molar-refractivity contribution >= 4 is 24.3 Å². The third-order valence-corrected chi connectivity index (χ3v) is 5.10. The van der Waals surface area contributed by atoms with Gasteiger partial charge in [0.15, 0.2) is 24.8 Å². The van der Waals surface area contributed by atoms with Crippen LogP contribution in [0.3, 0.4) is 0 Å². The maximum atomic E-state index is 2.18. The van der Waals surface area contributed by atoms with Gasteiger partial charge in [-0.15, -0.1) is 0 Å². The van der Waals surface area contributed by atoms with Crippen LogP contribution in [0.25, 0.3) is 35.4 Å². The van der Waals surface area contributed by atoms with Crippen LogP contribution < -0.4 is 9.13 Å². The van der Waals surface area contributed by atoms with Gasteiger partial charge in [0.2, 0.25) is 0 Å². The fraction of sp³-hybridized carbons (Fsp3) is 0.0714. The van der Waals surface area contributed by atoms with E-state index in [-0.39, 0.29) is 0 Å². The van der Waals surface area contributed by atoms with E-state index in [1.807, 2.05) is 23.2 Å². The number of hydrogen-bond donors (Lipinski definition) is 0. The Morgan fingerprint density at radius 2 is 0.667 bits per heavy atom. The minimum absolute atomic E-state index is 1.20. The van der Waals surface area contributed by atoms with Gasteiger partial charge in [0.05, 0.1) is 0 Å². The molecule has 0 aliphatic carbocycles. The lowest BCUT2D eigenvalue weighted by atomic mass is 10.0. The summed E-state index contributed by atoms with van der Waals surface area (Å²) in [4.78, 5) is 0. The van der Waals surface area contributed by atoms with Gasteiger partial charge in [-0.1, -0.05) is 72.8 Å². The lowest BCUT2D eigenvalue weighted by Gasteiger charge is -2.03. The molecule has 2 nitrogen and oxygen atoms in total. The zero-order valence-corrected chi connectivity index (χ0v) is 17.4. The van der Waals surface area contributed by atoms with Crippen molar-refractivity contribution in [2.45, 2.75) is 0 Å². The van der Waals surface area contributed by atoms with Crippen molar-refractivity contribution in [3.8, 4) is 11.1 Å². The molecule has 0 bridgehead atoms. The van der Waals surface area contributed by atoms with Gasteiger partial charge in [-0.25, -0.2) is 9.13 Å². The van der Waals surface area contributed by atoms with Gasteiger partial charge >= 0.3 is 0 Å². The van der Waals surface area contributed by atoms with Crippen molar-refractivity contribution in [2.75, 3.05) is 0 Å². The van der Waals surface area contributed by atoms with Crippen LogP contribution >= 0.6 is 0 Å².